The van der Waals surface area contributed by atoms with Gasteiger partial charge in [-0.25, -0.2) is 9.37 Å². The Morgan fingerprint density at radius 3 is 3.00 bits per heavy atom. The van der Waals surface area contributed by atoms with Crippen LogP contribution in [0.15, 0.2) is 36.5 Å². The fourth-order valence-electron chi connectivity index (χ4n) is 3.42. The third-order valence-electron chi connectivity index (χ3n) is 4.53. The van der Waals surface area contributed by atoms with Crippen molar-refractivity contribution in [1.29, 1.82) is 0 Å². The molecule has 128 valence electrons. The zero-order valence-corrected chi connectivity index (χ0v) is 14.3. The predicted octanol–water partition coefficient (Wildman–Crippen LogP) is 3.71. The van der Waals surface area contributed by atoms with E-state index in [9.17, 15) is 9.18 Å². The maximum absolute atomic E-state index is 14.4. The maximum Gasteiger partial charge on any atom is 0.290 e. The van der Waals surface area contributed by atoms with Gasteiger partial charge in [0, 0.05) is 24.9 Å². The van der Waals surface area contributed by atoms with Crippen LogP contribution in [-0.2, 0) is 6.42 Å². The Bertz CT molecular complexity index is 955. The lowest BCUT2D eigenvalue weighted by atomic mass is 9.94. The van der Waals surface area contributed by atoms with Gasteiger partial charge in [0.25, 0.3) is 5.91 Å². The molecule has 5 nitrogen and oxygen atoms in total. The Morgan fingerprint density at radius 2 is 2.24 bits per heavy atom. The molecule has 0 radical (unpaired) electrons. The molecule has 3 aromatic rings. The molecule has 2 atom stereocenters. The second kappa shape index (κ2) is 6.11. The number of rotatable bonds is 2. The number of carbonyl (C=O) groups is 1. The van der Waals surface area contributed by atoms with E-state index in [-0.39, 0.29) is 11.7 Å². The number of halogens is 2. The smallest absolute Gasteiger partial charge is 0.290 e. The van der Waals surface area contributed by atoms with Gasteiger partial charge in [-0.2, -0.15) is 0 Å². The van der Waals surface area contributed by atoms with Crippen molar-refractivity contribution in [2.45, 2.75) is 25.6 Å². The minimum atomic E-state index is -1.22. The molecule has 1 amide bonds. The largest absolute Gasteiger partial charge is 0.334 e. The molecule has 2 aromatic heterocycles. The third-order valence-corrected chi connectivity index (χ3v) is 4.84. The zero-order valence-electron chi connectivity index (χ0n) is 13.5. The first-order chi connectivity index (χ1) is 12.1. The molecule has 0 saturated carbocycles. The first-order valence-electron chi connectivity index (χ1n) is 8.09. The number of nitrogens with one attached hydrogen (secondary N) is 1. The lowest BCUT2D eigenvalue weighted by Crippen LogP contribution is -2.44. The summed E-state index contributed by atoms with van der Waals surface area (Å²) in [5, 5.41) is 0.469. The number of carbonyl (C=O) groups excluding carboxylic acids is 1. The number of aromatic amines is 1. The van der Waals surface area contributed by atoms with Crippen LogP contribution < -0.4 is 0 Å². The Hall–Kier alpha value is -2.47. The van der Waals surface area contributed by atoms with Crippen LogP contribution in [0.4, 0.5) is 4.39 Å². The molecule has 1 N–H and O–H groups in total. The highest BCUT2D eigenvalue weighted by Crippen LogP contribution is 2.33. The Morgan fingerprint density at radius 1 is 1.40 bits per heavy atom. The van der Waals surface area contributed by atoms with Crippen molar-refractivity contribution < 1.29 is 9.18 Å². The lowest BCUT2D eigenvalue weighted by Gasteiger charge is -2.37. The fourth-order valence-corrected chi connectivity index (χ4v) is 3.64. The summed E-state index contributed by atoms with van der Waals surface area (Å²) in [4.78, 5) is 26.2. The molecular formula is C18H16ClFN4O. The highest BCUT2D eigenvalue weighted by atomic mass is 35.5. The van der Waals surface area contributed by atoms with Gasteiger partial charge in [-0.1, -0.05) is 23.7 Å². The van der Waals surface area contributed by atoms with Crippen LogP contribution in [-0.4, -0.2) is 38.5 Å². The van der Waals surface area contributed by atoms with E-state index in [0.29, 0.717) is 29.0 Å². The predicted molar refractivity (Wildman–Crippen MR) is 93.4 cm³/mol. The van der Waals surface area contributed by atoms with E-state index in [0.717, 1.165) is 11.3 Å². The Balaban J connectivity index is 1.74. The number of fused-ring (bicyclic) bond motifs is 2. The number of aromatic nitrogens is 3. The van der Waals surface area contributed by atoms with Gasteiger partial charge < -0.3 is 9.88 Å². The number of hydrogen-bond acceptors (Lipinski definition) is 3. The molecule has 0 spiro atoms. The average molecular weight is 359 g/mol. The number of amides is 1. The number of alkyl halides is 1. The molecule has 4 rings (SSSR count). The van der Waals surface area contributed by atoms with Gasteiger partial charge in [-0.05, 0) is 30.7 Å². The summed E-state index contributed by atoms with van der Waals surface area (Å²) < 4.78 is 14.4. The van der Waals surface area contributed by atoms with E-state index in [4.69, 9.17) is 11.6 Å². The molecule has 0 saturated heterocycles. The van der Waals surface area contributed by atoms with Gasteiger partial charge in [-0.3, -0.25) is 9.78 Å². The van der Waals surface area contributed by atoms with Crippen molar-refractivity contribution in [2.24, 2.45) is 0 Å². The number of benzene rings is 1. The summed E-state index contributed by atoms with van der Waals surface area (Å²) in [7, 11) is 0. The fraction of sp³-hybridized carbons (Fsp3) is 0.278. The molecule has 7 heteroatoms. The number of pyridine rings is 1. The molecule has 25 heavy (non-hydrogen) atoms. The topological polar surface area (TPSA) is 61.9 Å². The summed E-state index contributed by atoms with van der Waals surface area (Å²) in [6.07, 6.45) is 1.06. The van der Waals surface area contributed by atoms with Gasteiger partial charge in [0.15, 0.2) is 5.82 Å². The van der Waals surface area contributed by atoms with Crippen molar-refractivity contribution in [2.75, 3.05) is 6.54 Å². The van der Waals surface area contributed by atoms with E-state index in [1.807, 2.05) is 6.07 Å². The second-order valence-electron chi connectivity index (χ2n) is 6.13. The number of H-pyrrole nitrogens is 1. The van der Waals surface area contributed by atoms with Gasteiger partial charge in [0.2, 0.25) is 0 Å². The Kier molecular flexibility index (Phi) is 3.92. The van der Waals surface area contributed by atoms with Crippen molar-refractivity contribution in [1.82, 2.24) is 19.9 Å². The molecule has 0 fully saturated rings. The third kappa shape index (κ3) is 2.66. The van der Waals surface area contributed by atoms with E-state index in [1.165, 1.54) is 11.8 Å². The average Bonchev–Trinajstić information content (AvgIpc) is 3.05. The van der Waals surface area contributed by atoms with Crippen LogP contribution in [0.5, 0.6) is 0 Å². The lowest BCUT2D eigenvalue weighted by molar-refractivity contribution is 0.0534. The summed E-state index contributed by atoms with van der Waals surface area (Å²) in [6.45, 7) is 1.86. The number of para-hydroxylation sites is 1. The summed E-state index contributed by atoms with van der Waals surface area (Å²) >= 11 is 6.13. The van der Waals surface area contributed by atoms with Crippen LogP contribution in [0, 0.1) is 0 Å². The summed E-state index contributed by atoms with van der Waals surface area (Å²) in [6, 6.07) is 8.23. The van der Waals surface area contributed by atoms with Gasteiger partial charge in [0.1, 0.15) is 11.7 Å². The molecule has 0 bridgehead atoms. The van der Waals surface area contributed by atoms with E-state index >= 15 is 0 Å². The molecule has 3 heterocycles. The molecule has 1 aliphatic rings. The highest BCUT2D eigenvalue weighted by Gasteiger charge is 2.36. The van der Waals surface area contributed by atoms with Crippen LogP contribution in [0.25, 0.3) is 11.0 Å². The number of hydrogen-bond donors (Lipinski definition) is 1. The van der Waals surface area contributed by atoms with Crippen LogP contribution in [0.1, 0.15) is 34.8 Å². The van der Waals surface area contributed by atoms with Crippen LogP contribution >= 0.6 is 11.6 Å². The maximum atomic E-state index is 14.4. The van der Waals surface area contributed by atoms with E-state index in [2.05, 4.69) is 15.0 Å². The monoisotopic (exact) mass is 358 g/mol. The molecule has 1 aliphatic heterocycles. The molecular weight excluding hydrogens is 343 g/mol. The molecule has 0 unspecified atom stereocenters. The van der Waals surface area contributed by atoms with Gasteiger partial charge >= 0.3 is 0 Å². The van der Waals surface area contributed by atoms with Gasteiger partial charge in [-0.15, -0.1) is 0 Å². The quantitative estimate of drug-likeness (QED) is 0.759. The van der Waals surface area contributed by atoms with E-state index in [1.54, 1.807) is 30.5 Å². The van der Waals surface area contributed by atoms with Gasteiger partial charge in [0.05, 0.1) is 16.6 Å². The normalized spacial score (nSPS) is 18.2. The van der Waals surface area contributed by atoms with Crippen molar-refractivity contribution in [3.8, 4) is 0 Å². The first-order valence-corrected chi connectivity index (χ1v) is 8.47. The first kappa shape index (κ1) is 16.0. The standard InChI is InChI=1S/C18H16ClFN4O/c1-10(20)16-11-4-3-8-21-13(11)7-9-24(16)18(25)17-22-14-6-2-5-12(19)15(14)23-17/h2-6,8,10,16H,7,9H2,1H3,(H,22,23)/t10-,16-/m1/s1. The molecule has 0 aliphatic carbocycles. The number of nitrogens with zero attached hydrogens (tertiary/aromatic N) is 3. The van der Waals surface area contributed by atoms with E-state index < -0.39 is 12.2 Å². The minimum Gasteiger partial charge on any atom is -0.334 e. The van der Waals surface area contributed by atoms with Crippen LogP contribution in [0.3, 0.4) is 0 Å². The number of imidazole rings is 1. The zero-order chi connectivity index (χ0) is 17.6. The summed E-state index contributed by atoms with van der Waals surface area (Å²) in [5.41, 5.74) is 2.82. The summed E-state index contributed by atoms with van der Waals surface area (Å²) in [5.74, 6) is -0.169. The van der Waals surface area contributed by atoms with Crippen molar-refractivity contribution >= 4 is 28.5 Å². The Labute approximate surface area is 148 Å². The SMILES string of the molecule is C[C@@H](F)[C@@H]1c2cccnc2CCN1C(=O)c1nc2c(Cl)cccc2[nH]1. The molecule has 1 aromatic carbocycles. The van der Waals surface area contributed by atoms with Crippen LogP contribution in [0.2, 0.25) is 5.02 Å². The minimum absolute atomic E-state index is 0.168. The second-order valence-corrected chi connectivity index (χ2v) is 6.54. The highest BCUT2D eigenvalue weighted by molar-refractivity contribution is 6.35. The van der Waals surface area contributed by atoms with Crippen molar-refractivity contribution in [3.05, 3.63) is 58.6 Å². The van der Waals surface area contributed by atoms with Crippen molar-refractivity contribution in [3.63, 3.8) is 0 Å².